The van der Waals surface area contributed by atoms with Gasteiger partial charge in [-0.3, -0.25) is 9.69 Å². The van der Waals surface area contributed by atoms with Crippen LogP contribution in [0.15, 0.2) is 72.8 Å². The Labute approximate surface area is 211 Å². The number of rotatable bonds is 7. The highest BCUT2D eigenvalue weighted by Crippen LogP contribution is 2.26. The highest BCUT2D eigenvalue weighted by molar-refractivity contribution is 6.35. The maximum absolute atomic E-state index is 12.9. The van der Waals surface area contributed by atoms with Crippen molar-refractivity contribution in [3.63, 3.8) is 0 Å². The summed E-state index contributed by atoms with van der Waals surface area (Å²) < 4.78 is 0. The summed E-state index contributed by atoms with van der Waals surface area (Å²) in [5.41, 5.74) is 3.96. The van der Waals surface area contributed by atoms with Crippen LogP contribution in [0.1, 0.15) is 22.0 Å². The number of anilines is 2. The molecule has 1 fully saturated rings. The topological polar surface area (TPSA) is 38.8 Å². The molecule has 1 amide bonds. The molecule has 1 aliphatic rings. The van der Waals surface area contributed by atoms with Gasteiger partial charge in [-0.05, 0) is 48.0 Å². The summed E-state index contributed by atoms with van der Waals surface area (Å²) in [5, 5.41) is 3.98. The van der Waals surface area contributed by atoms with Crippen molar-refractivity contribution >= 4 is 40.5 Å². The van der Waals surface area contributed by atoms with Crippen molar-refractivity contribution in [3.05, 3.63) is 94.0 Å². The van der Waals surface area contributed by atoms with Crippen LogP contribution in [-0.2, 0) is 0 Å². The van der Waals surface area contributed by atoms with Gasteiger partial charge in [0.05, 0.1) is 16.6 Å². The second-order valence-corrected chi connectivity index (χ2v) is 9.54. The summed E-state index contributed by atoms with van der Waals surface area (Å²) in [6.07, 6.45) is 0. The third-order valence-corrected chi connectivity index (χ3v) is 6.86. The lowest BCUT2D eigenvalue weighted by Gasteiger charge is -2.40. The standard InChI is InChI=1S/C27H30Cl2N4O/c1-31(2)22-11-8-20(9-12-22)26(19-30-27(34)24-18-21(28)10-13-25(24)29)33-16-14-32(15-17-33)23-6-4-3-5-7-23/h3-13,18,26H,14-17,19H2,1-2H3,(H,30,34). The van der Waals surface area contributed by atoms with Gasteiger partial charge >= 0.3 is 0 Å². The molecule has 0 aromatic heterocycles. The third-order valence-electron chi connectivity index (χ3n) is 6.30. The molecule has 7 heteroatoms. The Morgan fingerprint density at radius 3 is 2.26 bits per heavy atom. The zero-order valence-corrected chi connectivity index (χ0v) is 21.1. The van der Waals surface area contributed by atoms with E-state index in [-0.39, 0.29) is 11.9 Å². The van der Waals surface area contributed by atoms with E-state index in [4.69, 9.17) is 23.2 Å². The lowest BCUT2D eigenvalue weighted by molar-refractivity contribution is 0.0930. The highest BCUT2D eigenvalue weighted by Gasteiger charge is 2.26. The number of amides is 1. The van der Waals surface area contributed by atoms with E-state index in [2.05, 4.69) is 68.5 Å². The molecule has 0 bridgehead atoms. The molecule has 1 heterocycles. The zero-order chi connectivity index (χ0) is 24.1. The summed E-state index contributed by atoms with van der Waals surface area (Å²) >= 11 is 12.3. The van der Waals surface area contributed by atoms with Gasteiger partial charge in [0.15, 0.2) is 0 Å². The molecule has 0 saturated carbocycles. The van der Waals surface area contributed by atoms with Gasteiger partial charge in [0.2, 0.25) is 0 Å². The predicted octanol–water partition coefficient (Wildman–Crippen LogP) is 5.35. The van der Waals surface area contributed by atoms with Crippen LogP contribution in [0.2, 0.25) is 10.0 Å². The SMILES string of the molecule is CN(C)c1ccc(C(CNC(=O)c2cc(Cl)ccc2Cl)N2CCN(c3ccccc3)CC2)cc1. The van der Waals surface area contributed by atoms with E-state index in [0.717, 1.165) is 31.9 Å². The van der Waals surface area contributed by atoms with E-state index < -0.39 is 0 Å². The Balaban J connectivity index is 1.50. The molecule has 1 atom stereocenters. The van der Waals surface area contributed by atoms with Crippen LogP contribution in [0.3, 0.4) is 0 Å². The first-order valence-corrected chi connectivity index (χ1v) is 12.2. The fourth-order valence-electron chi connectivity index (χ4n) is 4.34. The third kappa shape index (κ3) is 5.84. The molecule has 3 aromatic rings. The van der Waals surface area contributed by atoms with E-state index in [1.54, 1.807) is 18.2 Å². The number of nitrogens with zero attached hydrogens (tertiary/aromatic N) is 3. The molecule has 5 nitrogen and oxygen atoms in total. The number of piperazine rings is 1. The van der Waals surface area contributed by atoms with Crippen molar-refractivity contribution in [1.82, 2.24) is 10.2 Å². The molecule has 0 radical (unpaired) electrons. The summed E-state index contributed by atoms with van der Waals surface area (Å²) in [6.45, 7) is 4.16. The van der Waals surface area contributed by atoms with Crippen LogP contribution in [0.5, 0.6) is 0 Å². The summed E-state index contributed by atoms with van der Waals surface area (Å²) in [5.74, 6) is -0.217. The first-order chi connectivity index (χ1) is 16.4. The average molecular weight is 497 g/mol. The zero-order valence-electron chi connectivity index (χ0n) is 19.5. The minimum Gasteiger partial charge on any atom is -0.378 e. The Morgan fingerprint density at radius 1 is 0.941 bits per heavy atom. The fourth-order valence-corrected chi connectivity index (χ4v) is 4.71. The van der Waals surface area contributed by atoms with E-state index in [1.165, 1.54) is 11.3 Å². The van der Waals surface area contributed by atoms with Crippen LogP contribution in [0, 0.1) is 0 Å². The number of para-hydroxylation sites is 1. The molecule has 0 aliphatic carbocycles. The number of hydrogen-bond acceptors (Lipinski definition) is 4. The summed E-state index contributed by atoms with van der Waals surface area (Å²) in [4.78, 5) is 19.9. The van der Waals surface area contributed by atoms with Gasteiger partial charge in [-0.1, -0.05) is 53.5 Å². The summed E-state index contributed by atoms with van der Waals surface area (Å²) in [7, 11) is 4.06. The highest BCUT2D eigenvalue weighted by atomic mass is 35.5. The Morgan fingerprint density at radius 2 is 1.62 bits per heavy atom. The van der Waals surface area contributed by atoms with Crippen LogP contribution in [-0.4, -0.2) is 57.6 Å². The smallest absolute Gasteiger partial charge is 0.252 e. The van der Waals surface area contributed by atoms with E-state index >= 15 is 0 Å². The lowest BCUT2D eigenvalue weighted by Crippen LogP contribution is -2.50. The van der Waals surface area contributed by atoms with E-state index in [9.17, 15) is 4.79 Å². The van der Waals surface area contributed by atoms with Crippen LogP contribution in [0.4, 0.5) is 11.4 Å². The van der Waals surface area contributed by atoms with Crippen molar-refractivity contribution in [3.8, 4) is 0 Å². The van der Waals surface area contributed by atoms with Crippen molar-refractivity contribution in [2.24, 2.45) is 0 Å². The van der Waals surface area contributed by atoms with Gasteiger partial charge in [0.1, 0.15) is 0 Å². The van der Waals surface area contributed by atoms with E-state index in [0.29, 0.717) is 22.2 Å². The molecule has 3 aromatic carbocycles. The van der Waals surface area contributed by atoms with Gasteiger partial charge in [-0.15, -0.1) is 0 Å². The minimum atomic E-state index is -0.217. The molecular formula is C27H30Cl2N4O. The summed E-state index contributed by atoms with van der Waals surface area (Å²) in [6, 6.07) is 24.1. The number of carbonyl (C=O) groups is 1. The molecule has 4 rings (SSSR count). The molecule has 1 aliphatic heterocycles. The molecule has 0 spiro atoms. The van der Waals surface area contributed by atoms with Gasteiger partial charge in [-0.2, -0.15) is 0 Å². The number of halogens is 2. The number of hydrogen-bond donors (Lipinski definition) is 1. The van der Waals surface area contributed by atoms with Crippen LogP contribution >= 0.6 is 23.2 Å². The second-order valence-electron chi connectivity index (χ2n) is 8.69. The van der Waals surface area contributed by atoms with Crippen molar-refractivity contribution in [1.29, 1.82) is 0 Å². The Bertz CT molecular complexity index is 1100. The molecule has 1 saturated heterocycles. The average Bonchev–Trinajstić information content (AvgIpc) is 2.86. The van der Waals surface area contributed by atoms with Crippen LogP contribution in [0.25, 0.3) is 0 Å². The molecule has 178 valence electrons. The number of benzene rings is 3. The van der Waals surface area contributed by atoms with Gasteiger partial charge in [0, 0.05) is 63.2 Å². The minimum absolute atomic E-state index is 0.0519. The van der Waals surface area contributed by atoms with Crippen molar-refractivity contribution in [2.45, 2.75) is 6.04 Å². The number of nitrogens with one attached hydrogen (secondary N) is 1. The fraction of sp³-hybridized carbons (Fsp3) is 0.296. The van der Waals surface area contributed by atoms with E-state index in [1.807, 2.05) is 20.2 Å². The maximum Gasteiger partial charge on any atom is 0.252 e. The van der Waals surface area contributed by atoms with Gasteiger partial charge < -0.3 is 15.1 Å². The predicted molar refractivity (Wildman–Crippen MR) is 143 cm³/mol. The van der Waals surface area contributed by atoms with Gasteiger partial charge in [-0.25, -0.2) is 0 Å². The quantitative estimate of drug-likeness (QED) is 0.478. The second kappa shape index (κ2) is 11.1. The molecule has 34 heavy (non-hydrogen) atoms. The largest absolute Gasteiger partial charge is 0.378 e. The normalized spacial score (nSPS) is 15.1. The monoisotopic (exact) mass is 496 g/mol. The lowest BCUT2D eigenvalue weighted by atomic mass is 10.0. The van der Waals surface area contributed by atoms with Crippen LogP contribution < -0.4 is 15.1 Å². The number of carbonyl (C=O) groups excluding carboxylic acids is 1. The van der Waals surface area contributed by atoms with Crippen molar-refractivity contribution in [2.75, 3.05) is 56.6 Å². The maximum atomic E-state index is 12.9. The van der Waals surface area contributed by atoms with Gasteiger partial charge in [0.25, 0.3) is 5.91 Å². The first kappa shape index (κ1) is 24.4. The molecule has 1 N–H and O–H groups in total. The van der Waals surface area contributed by atoms with Crippen molar-refractivity contribution < 1.29 is 4.79 Å². The molecular weight excluding hydrogens is 467 g/mol. The molecule has 1 unspecified atom stereocenters. The Hall–Kier alpha value is -2.73. The first-order valence-electron chi connectivity index (χ1n) is 11.5. The Kier molecular flexibility index (Phi) is 7.99.